The Morgan fingerprint density at radius 1 is 1.24 bits per heavy atom. The molecule has 29 heavy (non-hydrogen) atoms. The summed E-state index contributed by atoms with van der Waals surface area (Å²) in [6.07, 6.45) is 4.77. The molecular weight excluding hydrogens is 408 g/mol. The number of thiazole rings is 1. The summed E-state index contributed by atoms with van der Waals surface area (Å²) in [6.45, 7) is 2.69. The van der Waals surface area contributed by atoms with Gasteiger partial charge in [-0.15, -0.1) is 11.3 Å². The Morgan fingerprint density at radius 3 is 2.62 bits per heavy atom. The molecule has 2 aromatic heterocycles. The van der Waals surface area contributed by atoms with Crippen LogP contribution in [0.1, 0.15) is 31.0 Å². The number of sulfonamides is 1. The van der Waals surface area contributed by atoms with Crippen LogP contribution in [0.3, 0.4) is 0 Å². The fourth-order valence-electron chi connectivity index (χ4n) is 3.93. The topological polar surface area (TPSA) is 83.8 Å². The van der Waals surface area contributed by atoms with Crippen LogP contribution in [0.2, 0.25) is 0 Å². The molecule has 3 aromatic rings. The Balaban J connectivity index is 1.54. The first kappa shape index (κ1) is 20.1. The summed E-state index contributed by atoms with van der Waals surface area (Å²) in [4.78, 5) is 18.8. The summed E-state index contributed by atoms with van der Waals surface area (Å²) in [7, 11) is -3.25. The molecule has 4 rings (SSSR count). The van der Waals surface area contributed by atoms with Crippen LogP contribution in [-0.2, 0) is 26.8 Å². The number of carbonyl (C=O) groups is 1. The maximum absolute atomic E-state index is 13.4. The van der Waals surface area contributed by atoms with Gasteiger partial charge in [-0.3, -0.25) is 9.20 Å². The van der Waals surface area contributed by atoms with Crippen molar-refractivity contribution in [3.8, 4) is 0 Å². The van der Waals surface area contributed by atoms with Gasteiger partial charge in [0.15, 0.2) is 4.96 Å². The van der Waals surface area contributed by atoms with E-state index >= 15 is 0 Å². The van der Waals surface area contributed by atoms with Crippen molar-refractivity contribution >= 4 is 32.2 Å². The molecule has 1 aliphatic rings. The molecule has 1 aliphatic heterocycles. The molecule has 1 fully saturated rings. The largest absolute Gasteiger partial charge is 0.350 e. The number of imidazole rings is 1. The van der Waals surface area contributed by atoms with Crippen molar-refractivity contribution in [3.05, 3.63) is 59.4 Å². The van der Waals surface area contributed by atoms with E-state index in [4.69, 9.17) is 0 Å². The van der Waals surface area contributed by atoms with E-state index in [0.717, 1.165) is 16.2 Å². The average molecular weight is 433 g/mol. The molecule has 0 bridgehead atoms. The van der Waals surface area contributed by atoms with Gasteiger partial charge in [0.1, 0.15) is 0 Å². The molecular formula is C20H24N4O3S2. The molecule has 3 heterocycles. The van der Waals surface area contributed by atoms with Crippen molar-refractivity contribution in [2.24, 2.45) is 0 Å². The lowest BCUT2D eigenvalue weighted by Gasteiger charge is -2.40. The number of hydrogen-bond acceptors (Lipinski definition) is 5. The van der Waals surface area contributed by atoms with Gasteiger partial charge in [-0.2, -0.15) is 0 Å². The molecule has 0 spiro atoms. The molecule has 0 unspecified atom stereocenters. The molecule has 7 nitrogen and oxygen atoms in total. The number of benzene rings is 1. The van der Waals surface area contributed by atoms with Gasteiger partial charge in [-0.05, 0) is 25.3 Å². The van der Waals surface area contributed by atoms with E-state index in [9.17, 15) is 13.2 Å². The summed E-state index contributed by atoms with van der Waals surface area (Å²) in [6, 6.07) is 9.67. The molecule has 1 amide bonds. The van der Waals surface area contributed by atoms with Crippen LogP contribution >= 0.6 is 11.3 Å². The van der Waals surface area contributed by atoms with Crippen LogP contribution in [0.15, 0.2) is 48.1 Å². The maximum Gasteiger partial charge on any atom is 0.231 e. The summed E-state index contributed by atoms with van der Waals surface area (Å²) in [5.41, 5.74) is 0.995. The second kappa shape index (κ2) is 7.89. The van der Waals surface area contributed by atoms with E-state index in [1.54, 1.807) is 18.3 Å². The minimum Gasteiger partial charge on any atom is -0.350 e. The lowest BCUT2D eigenvalue weighted by molar-refractivity contribution is -0.128. The molecule has 0 radical (unpaired) electrons. The summed E-state index contributed by atoms with van der Waals surface area (Å²) < 4.78 is 28.0. The van der Waals surface area contributed by atoms with Gasteiger partial charge in [0, 0.05) is 30.9 Å². The molecule has 1 N–H and O–H groups in total. The van der Waals surface area contributed by atoms with Crippen LogP contribution < -0.4 is 5.32 Å². The number of fused-ring (bicyclic) bond motifs is 1. The Morgan fingerprint density at radius 2 is 1.97 bits per heavy atom. The summed E-state index contributed by atoms with van der Waals surface area (Å²) >= 11 is 1.55. The van der Waals surface area contributed by atoms with E-state index in [0.29, 0.717) is 32.5 Å². The third-order valence-electron chi connectivity index (χ3n) is 5.67. The highest BCUT2D eigenvalue weighted by Crippen LogP contribution is 2.36. The standard InChI is InChI=1S/C20H24N4O3S2/c1-2-29(26,27)24-10-8-20(9-11-24,16-6-4-3-5-7-16)18(25)21-14-17-15-23-12-13-28-19(23)22-17/h3-7,12-13,15H,2,8-11,14H2,1H3,(H,21,25). The third-order valence-corrected chi connectivity index (χ3v) is 8.32. The van der Waals surface area contributed by atoms with Crippen molar-refractivity contribution in [3.63, 3.8) is 0 Å². The van der Waals surface area contributed by atoms with Crippen LogP contribution in [0.4, 0.5) is 0 Å². The first-order valence-electron chi connectivity index (χ1n) is 9.67. The first-order valence-corrected chi connectivity index (χ1v) is 12.2. The Hall–Kier alpha value is -2.23. The molecule has 1 saturated heterocycles. The van der Waals surface area contributed by atoms with E-state index in [1.807, 2.05) is 52.5 Å². The molecule has 1 aromatic carbocycles. The zero-order valence-corrected chi connectivity index (χ0v) is 17.9. The van der Waals surface area contributed by atoms with Crippen molar-refractivity contribution in [2.45, 2.75) is 31.7 Å². The number of amides is 1. The van der Waals surface area contributed by atoms with Gasteiger partial charge >= 0.3 is 0 Å². The number of rotatable bonds is 6. The van der Waals surface area contributed by atoms with E-state index in [-0.39, 0.29) is 11.7 Å². The smallest absolute Gasteiger partial charge is 0.231 e. The third kappa shape index (κ3) is 3.82. The lowest BCUT2D eigenvalue weighted by atomic mass is 9.72. The van der Waals surface area contributed by atoms with Gasteiger partial charge in [0.05, 0.1) is 23.4 Å². The SMILES string of the molecule is CCS(=O)(=O)N1CCC(C(=O)NCc2cn3ccsc3n2)(c2ccccc2)CC1. The predicted octanol–water partition coefficient (Wildman–Crippen LogP) is 2.40. The second-order valence-electron chi connectivity index (χ2n) is 7.26. The zero-order chi connectivity index (χ0) is 20.5. The highest BCUT2D eigenvalue weighted by atomic mass is 32.2. The minimum absolute atomic E-state index is 0.0754. The Bertz CT molecular complexity index is 1070. The fraction of sp³-hybridized carbons (Fsp3) is 0.400. The fourth-order valence-corrected chi connectivity index (χ4v) is 5.76. The maximum atomic E-state index is 13.4. The predicted molar refractivity (Wildman–Crippen MR) is 113 cm³/mol. The van der Waals surface area contributed by atoms with Crippen LogP contribution in [0, 0.1) is 0 Å². The number of hydrogen-bond donors (Lipinski definition) is 1. The Labute approximate surface area is 174 Å². The van der Waals surface area contributed by atoms with Crippen LogP contribution in [-0.4, -0.2) is 46.9 Å². The molecule has 0 atom stereocenters. The van der Waals surface area contributed by atoms with E-state index < -0.39 is 15.4 Å². The minimum atomic E-state index is -3.25. The Kier molecular flexibility index (Phi) is 5.46. The number of piperidine rings is 1. The summed E-state index contributed by atoms with van der Waals surface area (Å²) in [5.74, 6) is 0.00299. The van der Waals surface area contributed by atoms with Crippen molar-refractivity contribution in [1.82, 2.24) is 19.0 Å². The van der Waals surface area contributed by atoms with Gasteiger partial charge < -0.3 is 5.32 Å². The van der Waals surface area contributed by atoms with Gasteiger partial charge in [-0.25, -0.2) is 17.7 Å². The van der Waals surface area contributed by atoms with Crippen LogP contribution in [0.25, 0.3) is 4.96 Å². The van der Waals surface area contributed by atoms with Crippen molar-refractivity contribution < 1.29 is 13.2 Å². The van der Waals surface area contributed by atoms with Crippen molar-refractivity contribution in [1.29, 1.82) is 0 Å². The summed E-state index contributed by atoms with van der Waals surface area (Å²) in [5, 5.41) is 5.01. The van der Waals surface area contributed by atoms with E-state index in [1.165, 1.54) is 4.31 Å². The highest BCUT2D eigenvalue weighted by Gasteiger charge is 2.44. The highest BCUT2D eigenvalue weighted by molar-refractivity contribution is 7.89. The average Bonchev–Trinajstić information content (AvgIpc) is 3.34. The monoisotopic (exact) mass is 432 g/mol. The second-order valence-corrected chi connectivity index (χ2v) is 10.4. The first-order chi connectivity index (χ1) is 13.9. The molecule has 0 saturated carbocycles. The lowest BCUT2D eigenvalue weighted by Crippen LogP contribution is -2.52. The number of carbonyl (C=O) groups excluding carboxylic acids is 1. The van der Waals surface area contributed by atoms with E-state index in [2.05, 4.69) is 10.3 Å². The van der Waals surface area contributed by atoms with Gasteiger partial charge in [0.25, 0.3) is 0 Å². The molecule has 154 valence electrons. The number of nitrogens with one attached hydrogen (secondary N) is 1. The quantitative estimate of drug-likeness (QED) is 0.648. The number of aromatic nitrogens is 2. The van der Waals surface area contributed by atoms with Crippen molar-refractivity contribution in [2.75, 3.05) is 18.8 Å². The molecule has 0 aliphatic carbocycles. The van der Waals surface area contributed by atoms with Gasteiger partial charge in [-0.1, -0.05) is 30.3 Å². The number of nitrogens with zero attached hydrogens (tertiary/aromatic N) is 3. The molecule has 9 heteroatoms. The normalized spacial score (nSPS) is 17.4. The zero-order valence-electron chi connectivity index (χ0n) is 16.2. The van der Waals surface area contributed by atoms with Gasteiger partial charge in [0.2, 0.25) is 15.9 Å². The van der Waals surface area contributed by atoms with Crippen LogP contribution in [0.5, 0.6) is 0 Å².